The van der Waals surface area contributed by atoms with Crippen molar-refractivity contribution in [3.8, 4) is 0 Å². The molecule has 1 aromatic rings. The van der Waals surface area contributed by atoms with E-state index in [0.717, 1.165) is 12.5 Å². The van der Waals surface area contributed by atoms with E-state index in [9.17, 15) is 0 Å². The third-order valence-electron chi connectivity index (χ3n) is 3.86. The number of ether oxygens (including phenoxy) is 1. The average molecular weight is 261 g/mol. The molecule has 1 saturated carbocycles. The van der Waals surface area contributed by atoms with Crippen LogP contribution in [0.15, 0.2) is 30.3 Å². The maximum atomic E-state index is 5.38. The molecule has 106 valence electrons. The Kier molecular flexibility index (Phi) is 5.41. The molecule has 1 N–H and O–H groups in total. The molecule has 1 aliphatic rings. The third-order valence-corrected chi connectivity index (χ3v) is 3.86. The van der Waals surface area contributed by atoms with Gasteiger partial charge in [0.2, 0.25) is 0 Å². The van der Waals surface area contributed by atoms with Crippen molar-refractivity contribution in [1.29, 1.82) is 0 Å². The zero-order valence-electron chi connectivity index (χ0n) is 12.4. The van der Waals surface area contributed by atoms with Crippen molar-refractivity contribution in [2.45, 2.75) is 45.2 Å². The monoisotopic (exact) mass is 261 g/mol. The fourth-order valence-corrected chi connectivity index (χ4v) is 2.71. The van der Waals surface area contributed by atoms with E-state index in [2.05, 4.69) is 49.5 Å². The summed E-state index contributed by atoms with van der Waals surface area (Å²) in [6, 6.07) is 11.8. The van der Waals surface area contributed by atoms with Crippen molar-refractivity contribution in [3.05, 3.63) is 35.9 Å². The summed E-state index contributed by atoms with van der Waals surface area (Å²) in [6.07, 6.45) is 3.88. The van der Waals surface area contributed by atoms with Crippen LogP contribution in [-0.4, -0.2) is 19.8 Å². The fraction of sp³-hybridized carbons (Fsp3) is 0.647. The normalized spacial score (nSPS) is 18.5. The van der Waals surface area contributed by atoms with Crippen LogP contribution >= 0.6 is 0 Å². The Labute approximate surface area is 117 Å². The molecule has 2 rings (SSSR count). The summed E-state index contributed by atoms with van der Waals surface area (Å²) >= 11 is 0. The Morgan fingerprint density at radius 2 is 1.89 bits per heavy atom. The van der Waals surface area contributed by atoms with Gasteiger partial charge in [-0.1, -0.05) is 44.2 Å². The van der Waals surface area contributed by atoms with Crippen LogP contribution in [-0.2, 0) is 4.74 Å². The summed E-state index contributed by atoms with van der Waals surface area (Å²) in [5, 5.41) is 3.84. The third kappa shape index (κ3) is 4.63. The van der Waals surface area contributed by atoms with Crippen molar-refractivity contribution in [2.24, 2.45) is 11.8 Å². The molecule has 2 unspecified atom stereocenters. The highest BCUT2D eigenvalue weighted by atomic mass is 16.5. The Balaban J connectivity index is 2.04. The van der Waals surface area contributed by atoms with E-state index in [4.69, 9.17) is 4.74 Å². The van der Waals surface area contributed by atoms with Gasteiger partial charge in [-0.2, -0.15) is 0 Å². The summed E-state index contributed by atoms with van der Waals surface area (Å²) < 4.78 is 5.38. The van der Waals surface area contributed by atoms with E-state index in [1.807, 2.05) is 0 Å². The summed E-state index contributed by atoms with van der Waals surface area (Å²) in [4.78, 5) is 0. The first kappa shape index (κ1) is 14.5. The standard InChI is InChI=1S/C17H27NO/c1-13(2)11-16(14-7-5-4-6-8-14)18-17(12-19-3)15-9-10-15/h4-8,13,15-18H,9-12H2,1-3H3. The largest absolute Gasteiger partial charge is 0.383 e. The second kappa shape index (κ2) is 7.06. The molecule has 1 aliphatic carbocycles. The number of hydrogen-bond donors (Lipinski definition) is 1. The van der Waals surface area contributed by atoms with Crippen molar-refractivity contribution in [3.63, 3.8) is 0 Å². The van der Waals surface area contributed by atoms with E-state index < -0.39 is 0 Å². The van der Waals surface area contributed by atoms with Gasteiger partial charge < -0.3 is 10.1 Å². The van der Waals surface area contributed by atoms with Crippen molar-refractivity contribution in [1.82, 2.24) is 5.32 Å². The van der Waals surface area contributed by atoms with Gasteiger partial charge in [0, 0.05) is 19.2 Å². The molecular formula is C17H27NO. The Hall–Kier alpha value is -0.860. The fourth-order valence-electron chi connectivity index (χ4n) is 2.71. The second-order valence-corrected chi connectivity index (χ2v) is 6.16. The lowest BCUT2D eigenvalue weighted by atomic mass is 9.95. The molecule has 0 aromatic heterocycles. The molecule has 0 aliphatic heterocycles. The summed E-state index contributed by atoms with van der Waals surface area (Å²) in [6.45, 7) is 5.41. The quantitative estimate of drug-likeness (QED) is 0.769. The molecule has 1 fully saturated rings. The van der Waals surface area contributed by atoms with Gasteiger partial charge in [0.05, 0.1) is 6.61 Å². The first-order chi connectivity index (χ1) is 9.20. The van der Waals surface area contributed by atoms with E-state index in [-0.39, 0.29) is 0 Å². The maximum Gasteiger partial charge on any atom is 0.0618 e. The predicted molar refractivity (Wildman–Crippen MR) is 80.2 cm³/mol. The Bertz CT molecular complexity index is 359. The van der Waals surface area contributed by atoms with Crippen LogP contribution in [0.3, 0.4) is 0 Å². The molecule has 2 heteroatoms. The Morgan fingerprint density at radius 1 is 1.21 bits per heavy atom. The highest BCUT2D eigenvalue weighted by Gasteiger charge is 2.32. The lowest BCUT2D eigenvalue weighted by molar-refractivity contribution is 0.148. The molecule has 0 amide bonds. The zero-order chi connectivity index (χ0) is 13.7. The molecule has 0 saturated heterocycles. The molecule has 1 aromatic carbocycles. The van der Waals surface area contributed by atoms with Gasteiger partial charge in [0.1, 0.15) is 0 Å². The maximum absolute atomic E-state index is 5.38. The summed E-state index contributed by atoms with van der Waals surface area (Å²) in [5.41, 5.74) is 1.40. The first-order valence-electron chi connectivity index (χ1n) is 7.50. The van der Waals surface area contributed by atoms with Crippen molar-refractivity contribution in [2.75, 3.05) is 13.7 Å². The van der Waals surface area contributed by atoms with Crippen LogP contribution in [0.4, 0.5) is 0 Å². The number of rotatable bonds is 8. The van der Waals surface area contributed by atoms with Crippen LogP contribution in [0.25, 0.3) is 0 Å². The molecular weight excluding hydrogens is 234 g/mol. The highest BCUT2D eigenvalue weighted by Crippen LogP contribution is 2.34. The van der Waals surface area contributed by atoms with Crippen LogP contribution in [0.2, 0.25) is 0 Å². The summed E-state index contributed by atoms with van der Waals surface area (Å²) in [5.74, 6) is 1.51. The predicted octanol–water partition coefficient (Wildman–Crippen LogP) is 3.79. The van der Waals surface area contributed by atoms with E-state index >= 15 is 0 Å². The number of hydrogen-bond acceptors (Lipinski definition) is 2. The lowest BCUT2D eigenvalue weighted by Gasteiger charge is -2.27. The number of nitrogens with one attached hydrogen (secondary N) is 1. The minimum Gasteiger partial charge on any atom is -0.383 e. The molecule has 2 nitrogen and oxygen atoms in total. The van der Waals surface area contributed by atoms with Crippen LogP contribution in [0, 0.1) is 11.8 Å². The Morgan fingerprint density at radius 3 is 2.42 bits per heavy atom. The minimum absolute atomic E-state index is 0.446. The molecule has 0 heterocycles. The number of benzene rings is 1. The number of methoxy groups -OCH3 is 1. The minimum atomic E-state index is 0.446. The van der Waals surface area contributed by atoms with Gasteiger partial charge in [-0.3, -0.25) is 0 Å². The topological polar surface area (TPSA) is 21.3 Å². The van der Waals surface area contributed by atoms with Gasteiger partial charge in [-0.25, -0.2) is 0 Å². The zero-order valence-corrected chi connectivity index (χ0v) is 12.4. The second-order valence-electron chi connectivity index (χ2n) is 6.16. The van der Waals surface area contributed by atoms with Crippen LogP contribution in [0.5, 0.6) is 0 Å². The smallest absolute Gasteiger partial charge is 0.0618 e. The first-order valence-corrected chi connectivity index (χ1v) is 7.50. The van der Waals surface area contributed by atoms with E-state index in [0.29, 0.717) is 18.0 Å². The summed E-state index contributed by atoms with van der Waals surface area (Å²) in [7, 11) is 1.80. The van der Waals surface area contributed by atoms with Crippen LogP contribution in [0.1, 0.15) is 44.7 Å². The SMILES string of the molecule is COCC(NC(CC(C)C)c1ccccc1)C1CC1. The van der Waals surface area contributed by atoms with Gasteiger partial charge in [0.15, 0.2) is 0 Å². The van der Waals surface area contributed by atoms with Gasteiger partial charge in [-0.15, -0.1) is 0 Å². The molecule has 19 heavy (non-hydrogen) atoms. The molecule has 2 atom stereocenters. The van der Waals surface area contributed by atoms with E-state index in [1.165, 1.54) is 24.8 Å². The van der Waals surface area contributed by atoms with Gasteiger partial charge >= 0.3 is 0 Å². The van der Waals surface area contributed by atoms with Crippen molar-refractivity contribution < 1.29 is 4.74 Å². The molecule has 0 spiro atoms. The van der Waals surface area contributed by atoms with E-state index in [1.54, 1.807) is 7.11 Å². The lowest BCUT2D eigenvalue weighted by Crippen LogP contribution is -2.38. The molecule has 0 radical (unpaired) electrons. The molecule has 0 bridgehead atoms. The highest BCUT2D eigenvalue weighted by molar-refractivity contribution is 5.19. The van der Waals surface area contributed by atoms with Crippen molar-refractivity contribution >= 4 is 0 Å². The van der Waals surface area contributed by atoms with Gasteiger partial charge in [0.25, 0.3) is 0 Å². The average Bonchev–Trinajstić information content (AvgIpc) is 3.22. The van der Waals surface area contributed by atoms with Crippen LogP contribution < -0.4 is 5.32 Å². The van der Waals surface area contributed by atoms with Gasteiger partial charge in [-0.05, 0) is 36.7 Å².